The number of hydrogen-bond donors (Lipinski definition) is 1. The summed E-state index contributed by atoms with van der Waals surface area (Å²) in [5, 5.41) is 2.86. The molecule has 0 aromatic heterocycles. The van der Waals surface area contributed by atoms with Crippen molar-refractivity contribution < 1.29 is 13.2 Å². The third-order valence-electron chi connectivity index (χ3n) is 4.47. The summed E-state index contributed by atoms with van der Waals surface area (Å²) in [5.41, 5.74) is 3.10. The third kappa shape index (κ3) is 4.31. The van der Waals surface area contributed by atoms with Crippen molar-refractivity contribution in [1.82, 2.24) is 9.62 Å². The van der Waals surface area contributed by atoms with Gasteiger partial charge in [0.1, 0.15) is 0 Å². The molecule has 1 amide bonds. The van der Waals surface area contributed by atoms with Gasteiger partial charge in [-0.2, -0.15) is 4.31 Å². The number of benzene rings is 2. The van der Waals surface area contributed by atoms with Gasteiger partial charge in [0.2, 0.25) is 10.0 Å². The highest BCUT2D eigenvalue weighted by atomic mass is 32.2. The Morgan fingerprint density at radius 3 is 2.27 bits per heavy atom. The number of sulfonamides is 1. The second-order valence-electron chi connectivity index (χ2n) is 6.18. The highest BCUT2D eigenvalue weighted by Gasteiger charge is 2.24. The molecule has 0 saturated heterocycles. The molecule has 140 valence electrons. The van der Waals surface area contributed by atoms with Crippen molar-refractivity contribution in [3.05, 3.63) is 64.7 Å². The molecular formula is C20H26N2O3S. The number of nitrogens with zero attached hydrogens (tertiary/aromatic N) is 1. The standard InChI is InChI=1S/C20H26N2O3S/c1-5-22(6-2)26(24,25)19-13-17(12-11-16(19)4)20(23)21-14-18-10-8-7-9-15(18)3/h7-13H,5-6,14H2,1-4H3,(H,21,23). The van der Waals surface area contributed by atoms with E-state index in [1.54, 1.807) is 32.9 Å². The summed E-state index contributed by atoms with van der Waals surface area (Å²) in [5.74, 6) is -0.288. The lowest BCUT2D eigenvalue weighted by Crippen LogP contribution is -2.31. The minimum atomic E-state index is -3.61. The third-order valence-corrected chi connectivity index (χ3v) is 6.67. The first-order valence-electron chi connectivity index (χ1n) is 8.74. The lowest BCUT2D eigenvalue weighted by Gasteiger charge is -2.20. The van der Waals surface area contributed by atoms with Crippen LogP contribution in [0, 0.1) is 13.8 Å². The van der Waals surface area contributed by atoms with Crippen molar-refractivity contribution in [2.45, 2.75) is 39.1 Å². The Morgan fingerprint density at radius 1 is 1.00 bits per heavy atom. The quantitative estimate of drug-likeness (QED) is 0.809. The van der Waals surface area contributed by atoms with Crippen LogP contribution >= 0.6 is 0 Å². The van der Waals surface area contributed by atoms with E-state index in [0.717, 1.165) is 11.1 Å². The number of rotatable bonds is 7. The fourth-order valence-corrected chi connectivity index (χ4v) is 4.52. The molecule has 0 aliphatic heterocycles. The van der Waals surface area contributed by atoms with Crippen LogP contribution in [-0.4, -0.2) is 31.7 Å². The zero-order valence-corrected chi connectivity index (χ0v) is 16.6. The van der Waals surface area contributed by atoms with Crippen LogP contribution in [-0.2, 0) is 16.6 Å². The van der Waals surface area contributed by atoms with Gasteiger partial charge in [-0.3, -0.25) is 4.79 Å². The molecule has 0 unspecified atom stereocenters. The normalized spacial score (nSPS) is 11.6. The number of carbonyl (C=O) groups is 1. The fraction of sp³-hybridized carbons (Fsp3) is 0.350. The average molecular weight is 375 g/mol. The molecule has 5 nitrogen and oxygen atoms in total. The SMILES string of the molecule is CCN(CC)S(=O)(=O)c1cc(C(=O)NCc2ccccc2C)ccc1C. The first kappa shape index (κ1) is 20.1. The first-order chi connectivity index (χ1) is 12.3. The molecule has 26 heavy (non-hydrogen) atoms. The highest BCUT2D eigenvalue weighted by Crippen LogP contribution is 2.21. The van der Waals surface area contributed by atoms with Crippen LogP contribution in [0.4, 0.5) is 0 Å². The molecule has 0 spiro atoms. The maximum absolute atomic E-state index is 12.8. The maximum Gasteiger partial charge on any atom is 0.251 e. The average Bonchev–Trinajstić information content (AvgIpc) is 2.61. The lowest BCUT2D eigenvalue weighted by molar-refractivity contribution is 0.0950. The maximum atomic E-state index is 12.8. The first-order valence-corrected chi connectivity index (χ1v) is 10.2. The molecule has 0 atom stereocenters. The van der Waals surface area contributed by atoms with Gasteiger partial charge in [0.15, 0.2) is 0 Å². The largest absolute Gasteiger partial charge is 0.348 e. The van der Waals surface area contributed by atoms with Gasteiger partial charge < -0.3 is 5.32 Å². The van der Waals surface area contributed by atoms with Crippen molar-refractivity contribution in [1.29, 1.82) is 0 Å². The highest BCUT2D eigenvalue weighted by molar-refractivity contribution is 7.89. The smallest absolute Gasteiger partial charge is 0.251 e. The van der Waals surface area contributed by atoms with Crippen molar-refractivity contribution in [3.63, 3.8) is 0 Å². The van der Waals surface area contributed by atoms with Crippen LogP contribution in [0.5, 0.6) is 0 Å². The van der Waals surface area contributed by atoms with E-state index in [1.807, 2.05) is 31.2 Å². The molecule has 6 heteroatoms. The summed E-state index contributed by atoms with van der Waals surface area (Å²) >= 11 is 0. The topological polar surface area (TPSA) is 66.5 Å². The number of hydrogen-bond acceptors (Lipinski definition) is 3. The van der Waals surface area contributed by atoms with E-state index in [1.165, 1.54) is 10.4 Å². The van der Waals surface area contributed by atoms with E-state index < -0.39 is 10.0 Å². The molecular weight excluding hydrogens is 348 g/mol. The predicted molar refractivity (Wildman–Crippen MR) is 104 cm³/mol. The summed E-state index contributed by atoms with van der Waals surface area (Å²) in [7, 11) is -3.61. The molecule has 0 bridgehead atoms. The molecule has 2 aromatic carbocycles. The summed E-state index contributed by atoms with van der Waals surface area (Å²) < 4.78 is 27.0. The van der Waals surface area contributed by atoms with Crippen molar-refractivity contribution in [2.24, 2.45) is 0 Å². The van der Waals surface area contributed by atoms with Crippen LogP contribution in [0.3, 0.4) is 0 Å². The van der Waals surface area contributed by atoms with Gasteiger partial charge in [0, 0.05) is 25.2 Å². The summed E-state index contributed by atoms with van der Waals surface area (Å²) in [6.45, 7) is 8.51. The van der Waals surface area contributed by atoms with E-state index in [-0.39, 0.29) is 10.8 Å². The molecule has 2 aromatic rings. The molecule has 0 saturated carbocycles. The Morgan fingerprint density at radius 2 is 1.65 bits per heavy atom. The summed E-state index contributed by atoms with van der Waals surface area (Å²) in [6.07, 6.45) is 0. The second kappa shape index (κ2) is 8.47. The zero-order valence-electron chi connectivity index (χ0n) is 15.7. The second-order valence-corrected chi connectivity index (χ2v) is 8.09. The van der Waals surface area contributed by atoms with Gasteiger partial charge in [-0.05, 0) is 42.7 Å². The van der Waals surface area contributed by atoms with Crippen molar-refractivity contribution >= 4 is 15.9 Å². The Bertz CT molecular complexity index is 888. The van der Waals surface area contributed by atoms with Crippen LogP contribution in [0.15, 0.2) is 47.4 Å². The van der Waals surface area contributed by atoms with Crippen LogP contribution in [0.25, 0.3) is 0 Å². The minimum absolute atomic E-state index is 0.185. The number of aryl methyl sites for hydroxylation is 2. The van der Waals surface area contributed by atoms with Gasteiger partial charge in [-0.1, -0.05) is 44.2 Å². The molecule has 0 radical (unpaired) electrons. The Labute approximate surface area is 156 Å². The Hall–Kier alpha value is -2.18. The van der Waals surface area contributed by atoms with Crippen molar-refractivity contribution in [2.75, 3.05) is 13.1 Å². The zero-order chi connectivity index (χ0) is 19.3. The lowest BCUT2D eigenvalue weighted by atomic mass is 10.1. The van der Waals surface area contributed by atoms with E-state index >= 15 is 0 Å². The Kier molecular flexibility index (Phi) is 6.56. The van der Waals surface area contributed by atoms with Crippen LogP contribution in [0.1, 0.15) is 40.9 Å². The number of carbonyl (C=O) groups excluding carboxylic acids is 1. The number of amides is 1. The Balaban J connectivity index is 2.26. The molecule has 2 rings (SSSR count). The van der Waals surface area contributed by atoms with Crippen LogP contribution in [0.2, 0.25) is 0 Å². The van der Waals surface area contributed by atoms with Gasteiger partial charge in [-0.25, -0.2) is 8.42 Å². The van der Waals surface area contributed by atoms with Crippen molar-refractivity contribution in [3.8, 4) is 0 Å². The van der Waals surface area contributed by atoms with E-state index in [0.29, 0.717) is 30.8 Å². The van der Waals surface area contributed by atoms with Gasteiger partial charge in [0.25, 0.3) is 5.91 Å². The molecule has 0 aliphatic carbocycles. The molecule has 0 heterocycles. The summed E-state index contributed by atoms with van der Waals surface area (Å²) in [6, 6.07) is 12.6. The van der Waals surface area contributed by atoms with Gasteiger partial charge in [0.05, 0.1) is 4.90 Å². The fourth-order valence-electron chi connectivity index (χ4n) is 2.81. The number of nitrogens with one attached hydrogen (secondary N) is 1. The van der Waals surface area contributed by atoms with Crippen LogP contribution < -0.4 is 5.32 Å². The van der Waals surface area contributed by atoms with Gasteiger partial charge in [-0.15, -0.1) is 0 Å². The minimum Gasteiger partial charge on any atom is -0.348 e. The van der Waals surface area contributed by atoms with E-state index in [4.69, 9.17) is 0 Å². The summed E-state index contributed by atoms with van der Waals surface area (Å²) in [4.78, 5) is 12.7. The van der Waals surface area contributed by atoms with E-state index in [9.17, 15) is 13.2 Å². The van der Waals surface area contributed by atoms with Gasteiger partial charge >= 0.3 is 0 Å². The molecule has 1 N–H and O–H groups in total. The monoisotopic (exact) mass is 374 g/mol. The predicted octanol–water partition coefficient (Wildman–Crippen LogP) is 3.26. The molecule has 0 aliphatic rings. The molecule has 0 fully saturated rings. The van der Waals surface area contributed by atoms with E-state index in [2.05, 4.69) is 5.32 Å².